The van der Waals surface area contributed by atoms with Crippen molar-refractivity contribution in [1.29, 1.82) is 0 Å². The van der Waals surface area contributed by atoms with E-state index in [-0.39, 0.29) is 11.9 Å². The lowest BCUT2D eigenvalue weighted by atomic mass is 9.99. The van der Waals surface area contributed by atoms with Gasteiger partial charge in [0, 0.05) is 38.9 Å². The topological polar surface area (TPSA) is 64.7 Å². The van der Waals surface area contributed by atoms with E-state index < -0.39 is 6.04 Å². The molecule has 0 spiro atoms. The fourth-order valence-electron chi connectivity index (χ4n) is 3.29. The number of hydrogen-bond donors (Lipinski definition) is 2. The van der Waals surface area contributed by atoms with Crippen LogP contribution in [0.5, 0.6) is 0 Å². The van der Waals surface area contributed by atoms with Crippen LogP contribution in [0.3, 0.4) is 0 Å². The van der Waals surface area contributed by atoms with Crippen LogP contribution >= 0.6 is 0 Å². The molecule has 1 saturated heterocycles. The Balaban J connectivity index is 1.62. The van der Waals surface area contributed by atoms with Gasteiger partial charge in [-0.15, -0.1) is 0 Å². The summed E-state index contributed by atoms with van der Waals surface area (Å²) in [5.41, 5.74) is 3.73. The second-order valence-electron chi connectivity index (χ2n) is 6.31. The van der Waals surface area contributed by atoms with Crippen LogP contribution in [-0.2, 0) is 17.8 Å². The molecule has 0 aromatic heterocycles. The maximum Gasteiger partial charge on any atom is 0.318 e. The average Bonchev–Trinajstić information content (AvgIpc) is 2.55. The smallest absolute Gasteiger partial charge is 0.318 e. The van der Waals surface area contributed by atoms with Gasteiger partial charge in [-0.25, -0.2) is 4.79 Å². The maximum atomic E-state index is 12.3. The van der Waals surface area contributed by atoms with Crippen LogP contribution < -0.4 is 15.5 Å². The molecule has 2 aliphatic heterocycles. The molecule has 6 heteroatoms. The van der Waals surface area contributed by atoms with Gasteiger partial charge in [-0.05, 0) is 37.0 Å². The van der Waals surface area contributed by atoms with Crippen LogP contribution in [0.2, 0.25) is 0 Å². The molecule has 23 heavy (non-hydrogen) atoms. The number of anilines is 1. The number of urea groups is 1. The number of nitrogens with zero attached hydrogens (tertiary/aromatic N) is 2. The highest BCUT2D eigenvalue weighted by Crippen LogP contribution is 2.26. The van der Waals surface area contributed by atoms with Crippen LogP contribution in [0, 0.1) is 0 Å². The number of carbonyl (C=O) groups excluding carboxylic acids is 2. The monoisotopic (exact) mass is 316 g/mol. The van der Waals surface area contributed by atoms with Gasteiger partial charge in [-0.2, -0.15) is 0 Å². The lowest BCUT2D eigenvalue weighted by Gasteiger charge is -2.32. The molecule has 3 rings (SSSR count). The normalized spacial score (nSPS) is 20.8. The van der Waals surface area contributed by atoms with E-state index in [1.165, 1.54) is 17.7 Å². The van der Waals surface area contributed by atoms with Gasteiger partial charge in [0.15, 0.2) is 0 Å². The number of carbonyl (C=O) groups is 2. The van der Waals surface area contributed by atoms with Gasteiger partial charge >= 0.3 is 6.03 Å². The predicted octanol–water partition coefficient (Wildman–Crippen LogP) is 1.10. The number of benzene rings is 1. The molecule has 3 amide bonds. The van der Waals surface area contributed by atoms with Gasteiger partial charge in [0.05, 0.1) is 0 Å². The van der Waals surface area contributed by atoms with Gasteiger partial charge in [-0.1, -0.05) is 12.1 Å². The Morgan fingerprint density at radius 3 is 3.04 bits per heavy atom. The quantitative estimate of drug-likeness (QED) is 0.859. The first kappa shape index (κ1) is 15.6. The van der Waals surface area contributed by atoms with Gasteiger partial charge in [-0.3, -0.25) is 4.79 Å². The minimum Gasteiger partial charge on any atom is -0.374 e. The molecular formula is C17H24N4O2. The third-order valence-corrected chi connectivity index (χ3v) is 4.70. The van der Waals surface area contributed by atoms with Gasteiger partial charge < -0.3 is 20.4 Å². The number of amides is 3. The summed E-state index contributed by atoms with van der Waals surface area (Å²) in [5, 5.41) is 5.69. The van der Waals surface area contributed by atoms with Crippen LogP contribution in [-0.4, -0.2) is 49.6 Å². The molecule has 2 aliphatic rings. The third-order valence-electron chi connectivity index (χ3n) is 4.70. The van der Waals surface area contributed by atoms with Crippen LogP contribution in [0.15, 0.2) is 18.2 Å². The molecule has 1 unspecified atom stereocenters. The summed E-state index contributed by atoms with van der Waals surface area (Å²) in [7, 11) is 2.11. The molecule has 0 bridgehead atoms. The second kappa shape index (κ2) is 6.48. The molecule has 2 N–H and O–H groups in total. The first-order valence-corrected chi connectivity index (χ1v) is 8.21. The molecule has 1 aromatic rings. The van der Waals surface area contributed by atoms with Crippen LogP contribution in [0.1, 0.15) is 24.5 Å². The summed E-state index contributed by atoms with van der Waals surface area (Å²) < 4.78 is 0. The van der Waals surface area contributed by atoms with Crippen molar-refractivity contribution in [2.45, 2.75) is 32.4 Å². The van der Waals surface area contributed by atoms with Gasteiger partial charge in [0.25, 0.3) is 0 Å². The first-order chi connectivity index (χ1) is 11.1. The second-order valence-corrected chi connectivity index (χ2v) is 6.31. The number of fused-ring (bicyclic) bond motifs is 1. The Morgan fingerprint density at radius 2 is 2.22 bits per heavy atom. The van der Waals surface area contributed by atoms with E-state index in [0.717, 1.165) is 18.5 Å². The van der Waals surface area contributed by atoms with Crippen molar-refractivity contribution >= 4 is 17.6 Å². The third kappa shape index (κ3) is 3.25. The predicted molar refractivity (Wildman–Crippen MR) is 89.4 cm³/mol. The van der Waals surface area contributed by atoms with E-state index in [4.69, 9.17) is 0 Å². The van der Waals surface area contributed by atoms with Crippen LogP contribution in [0.4, 0.5) is 10.5 Å². The Hall–Kier alpha value is -2.24. The highest BCUT2D eigenvalue weighted by Gasteiger charge is 2.29. The van der Waals surface area contributed by atoms with E-state index in [2.05, 4.69) is 40.8 Å². The Morgan fingerprint density at radius 1 is 1.39 bits per heavy atom. The fourth-order valence-corrected chi connectivity index (χ4v) is 3.29. The lowest BCUT2D eigenvalue weighted by molar-refractivity contribution is -0.126. The number of aryl methyl sites for hydroxylation is 1. The van der Waals surface area contributed by atoms with Crippen molar-refractivity contribution in [1.82, 2.24) is 15.5 Å². The number of piperazine rings is 1. The Labute approximate surface area is 136 Å². The van der Waals surface area contributed by atoms with Crippen molar-refractivity contribution in [2.75, 3.05) is 31.6 Å². The van der Waals surface area contributed by atoms with Crippen LogP contribution in [0.25, 0.3) is 0 Å². The Bertz CT molecular complexity index is 617. The molecule has 1 fully saturated rings. The van der Waals surface area contributed by atoms with E-state index >= 15 is 0 Å². The zero-order chi connectivity index (χ0) is 16.4. The lowest BCUT2D eigenvalue weighted by Crippen LogP contribution is -2.58. The summed E-state index contributed by atoms with van der Waals surface area (Å²) >= 11 is 0. The average molecular weight is 316 g/mol. The van der Waals surface area contributed by atoms with Gasteiger partial charge in [0.2, 0.25) is 5.91 Å². The highest BCUT2D eigenvalue weighted by atomic mass is 16.2. The van der Waals surface area contributed by atoms with Crippen molar-refractivity contribution < 1.29 is 9.59 Å². The SMILES string of the molecule is CC1C(=O)NCCN1C(=O)NCc1ccc2c(c1)CCCN2C. The van der Waals surface area contributed by atoms with Gasteiger partial charge in [0.1, 0.15) is 6.04 Å². The molecule has 1 atom stereocenters. The van der Waals surface area contributed by atoms with E-state index in [0.29, 0.717) is 19.6 Å². The number of hydrogen-bond acceptors (Lipinski definition) is 3. The Kier molecular flexibility index (Phi) is 4.41. The van der Waals surface area contributed by atoms with Crippen molar-refractivity contribution in [3.63, 3.8) is 0 Å². The fraction of sp³-hybridized carbons (Fsp3) is 0.529. The molecule has 0 saturated carbocycles. The zero-order valence-corrected chi connectivity index (χ0v) is 13.8. The zero-order valence-electron chi connectivity index (χ0n) is 13.8. The molecular weight excluding hydrogens is 292 g/mol. The molecule has 6 nitrogen and oxygen atoms in total. The first-order valence-electron chi connectivity index (χ1n) is 8.21. The number of nitrogens with one attached hydrogen (secondary N) is 2. The van der Waals surface area contributed by atoms with E-state index in [9.17, 15) is 9.59 Å². The minimum atomic E-state index is -0.416. The summed E-state index contributed by atoms with van der Waals surface area (Å²) in [6.45, 7) is 4.40. The van der Waals surface area contributed by atoms with E-state index in [1.54, 1.807) is 11.8 Å². The van der Waals surface area contributed by atoms with Crippen molar-refractivity contribution in [2.24, 2.45) is 0 Å². The van der Waals surface area contributed by atoms with E-state index in [1.807, 2.05) is 0 Å². The van der Waals surface area contributed by atoms with Crippen molar-refractivity contribution in [3.8, 4) is 0 Å². The molecule has 1 aromatic carbocycles. The number of rotatable bonds is 2. The largest absolute Gasteiger partial charge is 0.374 e. The summed E-state index contributed by atoms with van der Waals surface area (Å²) in [6.07, 6.45) is 2.25. The highest BCUT2D eigenvalue weighted by molar-refractivity contribution is 5.87. The molecule has 124 valence electrons. The standard InChI is InChI=1S/C17H24N4O2/c1-12-16(22)18-7-9-21(12)17(23)19-11-13-5-6-15-14(10-13)4-3-8-20(15)2/h5-6,10,12H,3-4,7-9,11H2,1-2H3,(H,18,22)(H,19,23). The minimum absolute atomic E-state index is 0.0942. The summed E-state index contributed by atoms with van der Waals surface area (Å²) in [5.74, 6) is -0.0942. The summed E-state index contributed by atoms with van der Waals surface area (Å²) in [6, 6.07) is 5.78. The summed E-state index contributed by atoms with van der Waals surface area (Å²) in [4.78, 5) is 27.8. The maximum absolute atomic E-state index is 12.3. The molecule has 0 radical (unpaired) electrons. The molecule has 0 aliphatic carbocycles. The molecule has 2 heterocycles. The van der Waals surface area contributed by atoms with Crippen molar-refractivity contribution in [3.05, 3.63) is 29.3 Å².